The van der Waals surface area contributed by atoms with E-state index in [-0.39, 0.29) is 23.5 Å². The lowest BCUT2D eigenvalue weighted by Gasteiger charge is -2.12. The molecule has 0 aliphatic carbocycles. The number of ketones is 1. The van der Waals surface area contributed by atoms with Crippen LogP contribution in [0.25, 0.3) is 0 Å². The summed E-state index contributed by atoms with van der Waals surface area (Å²) in [5.41, 5.74) is 7.72. The monoisotopic (exact) mass is 402 g/mol. The summed E-state index contributed by atoms with van der Waals surface area (Å²) < 4.78 is 5.44. The van der Waals surface area contributed by atoms with Crippen molar-refractivity contribution >= 4 is 17.6 Å². The van der Waals surface area contributed by atoms with Gasteiger partial charge in [-0.15, -0.1) is 0 Å². The minimum Gasteiger partial charge on any atom is -0.484 e. The minimum absolute atomic E-state index is 0.168. The number of rotatable bonds is 6. The first kappa shape index (κ1) is 20.8. The maximum atomic E-state index is 12.7. The first-order valence-electron chi connectivity index (χ1n) is 9.43. The highest BCUT2D eigenvalue weighted by molar-refractivity contribution is 6.15. The molecule has 0 radical (unpaired) electrons. The van der Waals surface area contributed by atoms with Gasteiger partial charge in [0.15, 0.2) is 12.4 Å². The van der Waals surface area contributed by atoms with E-state index in [2.05, 4.69) is 10.9 Å². The van der Waals surface area contributed by atoms with Gasteiger partial charge in [-0.25, -0.2) is 0 Å². The quantitative estimate of drug-likeness (QED) is 0.489. The molecule has 30 heavy (non-hydrogen) atoms. The average Bonchev–Trinajstić information content (AvgIpc) is 2.78. The molecule has 0 unspecified atom stereocenters. The number of carbonyl (C=O) groups is 3. The number of hydrogen-bond acceptors (Lipinski definition) is 4. The van der Waals surface area contributed by atoms with Crippen molar-refractivity contribution in [1.82, 2.24) is 10.9 Å². The molecule has 2 amide bonds. The van der Waals surface area contributed by atoms with Gasteiger partial charge in [-0.3, -0.25) is 25.2 Å². The predicted octanol–water partition coefficient (Wildman–Crippen LogP) is 3.37. The van der Waals surface area contributed by atoms with Crippen molar-refractivity contribution in [2.75, 3.05) is 6.61 Å². The van der Waals surface area contributed by atoms with E-state index in [9.17, 15) is 14.4 Å². The van der Waals surface area contributed by atoms with Gasteiger partial charge in [0.25, 0.3) is 11.8 Å². The van der Waals surface area contributed by atoms with Crippen molar-refractivity contribution in [3.63, 3.8) is 0 Å². The third-order valence-corrected chi connectivity index (χ3v) is 4.62. The van der Waals surface area contributed by atoms with Crippen LogP contribution < -0.4 is 15.6 Å². The molecule has 3 aromatic rings. The smallest absolute Gasteiger partial charge is 0.276 e. The molecule has 152 valence electrons. The number of amides is 2. The Kier molecular flexibility index (Phi) is 6.60. The second-order valence-corrected chi connectivity index (χ2v) is 6.78. The standard InChI is InChI=1S/C24H22N2O4/c1-16-12-13-19(14-17(16)2)30-15-22(27)25-26-24(29)21-11-7-6-10-20(21)23(28)18-8-4-3-5-9-18/h3-14H,15H2,1-2H3,(H,25,27)(H,26,29). The Labute approximate surface area is 174 Å². The zero-order chi connectivity index (χ0) is 21.5. The van der Waals surface area contributed by atoms with Crippen LogP contribution in [0.4, 0.5) is 0 Å². The first-order valence-corrected chi connectivity index (χ1v) is 9.43. The molecule has 0 atom stereocenters. The van der Waals surface area contributed by atoms with Crippen LogP contribution in [0.5, 0.6) is 5.75 Å². The van der Waals surface area contributed by atoms with E-state index < -0.39 is 11.8 Å². The molecule has 0 aliphatic heterocycles. The fourth-order valence-electron chi connectivity index (χ4n) is 2.81. The van der Waals surface area contributed by atoms with Crippen molar-refractivity contribution in [2.45, 2.75) is 13.8 Å². The number of benzene rings is 3. The Morgan fingerprint density at radius 3 is 2.13 bits per heavy atom. The Morgan fingerprint density at radius 2 is 1.43 bits per heavy atom. The third kappa shape index (κ3) is 5.11. The second-order valence-electron chi connectivity index (χ2n) is 6.78. The van der Waals surface area contributed by atoms with Gasteiger partial charge in [-0.2, -0.15) is 0 Å². The highest BCUT2D eigenvalue weighted by atomic mass is 16.5. The van der Waals surface area contributed by atoms with Gasteiger partial charge in [-0.1, -0.05) is 54.6 Å². The third-order valence-electron chi connectivity index (χ3n) is 4.62. The van der Waals surface area contributed by atoms with E-state index in [0.717, 1.165) is 11.1 Å². The average molecular weight is 402 g/mol. The first-order chi connectivity index (χ1) is 14.5. The molecule has 2 N–H and O–H groups in total. The van der Waals surface area contributed by atoms with E-state index >= 15 is 0 Å². The van der Waals surface area contributed by atoms with Gasteiger partial charge >= 0.3 is 0 Å². The van der Waals surface area contributed by atoms with E-state index in [4.69, 9.17) is 4.74 Å². The molecule has 3 aromatic carbocycles. The van der Waals surface area contributed by atoms with Crippen molar-refractivity contribution in [3.05, 3.63) is 101 Å². The molecule has 3 rings (SSSR count). The van der Waals surface area contributed by atoms with Crippen LogP contribution in [0.2, 0.25) is 0 Å². The second kappa shape index (κ2) is 9.52. The summed E-state index contributed by atoms with van der Waals surface area (Å²) in [5, 5.41) is 0. The molecule has 0 aliphatic rings. The fourth-order valence-corrected chi connectivity index (χ4v) is 2.81. The largest absolute Gasteiger partial charge is 0.484 e. The number of nitrogens with one attached hydrogen (secondary N) is 2. The SMILES string of the molecule is Cc1ccc(OCC(=O)NNC(=O)c2ccccc2C(=O)c2ccccc2)cc1C. The zero-order valence-corrected chi connectivity index (χ0v) is 16.8. The van der Waals surface area contributed by atoms with Crippen molar-refractivity contribution in [1.29, 1.82) is 0 Å². The van der Waals surface area contributed by atoms with Gasteiger partial charge < -0.3 is 4.74 Å². The summed E-state index contributed by atoms with van der Waals surface area (Å²) in [6.07, 6.45) is 0. The highest BCUT2D eigenvalue weighted by Crippen LogP contribution is 2.16. The van der Waals surface area contributed by atoms with Crippen LogP contribution in [0.1, 0.15) is 37.4 Å². The maximum Gasteiger partial charge on any atom is 0.276 e. The van der Waals surface area contributed by atoms with Gasteiger partial charge in [0.2, 0.25) is 0 Å². The molecule has 0 fully saturated rings. The minimum atomic E-state index is -0.589. The summed E-state index contributed by atoms with van der Waals surface area (Å²) in [6, 6.07) is 20.7. The molecule has 0 saturated carbocycles. The summed E-state index contributed by atoms with van der Waals surface area (Å²) in [7, 11) is 0. The summed E-state index contributed by atoms with van der Waals surface area (Å²) in [4.78, 5) is 37.3. The molecule has 6 nitrogen and oxygen atoms in total. The molecule has 0 heterocycles. The maximum absolute atomic E-state index is 12.7. The van der Waals surface area contributed by atoms with Crippen molar-refractivity contribution in [3.8, 4) is 5.75 Å². The predicted molar refractivity (Wildman–Crippen MR) is 113 cm³/mol. The molecule has 0 aromatic heterocycles. The Bertz CT molecular complexity index is 1080. The normalized spacial score (nSPS) is 10.2. The Balaban J connectivity index is 1.60. The highest BCUT2D eigenvalue weighted by Gasteiger charge is 2.18. The molecular weight excluding hydrogens is 380 g/mol. The van der Waals surface area contributed by atoms with Crippen LogP contribution in [0, 0.1) is 13.8 Å². The van der Waals surface area contributed by atoms with Crippen LogP contribution in [0.3, 0.4) is 0 Å². The lowest BCUT2D eigenvalue weighted by molar-refractivity contribution is -0.123. The van der Waals surface area contributed by atoms with E-state index in [1.165, 1.54) is 6.07 Å². The van der Waals surface area contributed by atoms with Crippen LogP contribution >= 0.6 is 0 Å². The van der Waals surface area contributed by atoms with Crippen LogP contribution in [-0.2, 0) is 4.79 Å². The van der Waals surface area contributed by atoms with Crippen LogP contribution in [0.15, 0.2) is 72.8 Å². The molecule has 0 bridgehead atoms. The van der Waals surface area contributed by atoms with E-state index in [1.54, 1.807) is 48.5 Å². The molecular formula is C24H22N2O4. The Hall–Kier alpha value is -3.93. The zero-order valence-electron chi connectivity index (χ0n) is 16.8. The number of ether oxygens (including phenoxy) is 1. The summed E-state index contributed by atoms with van der Waals surface area (Å²) >= 11 is 0. The lowest BCUT2D eigenvalue weighted by Crippen LogP contribution is -2.44. The number of hydrazine groups is 1. The fraction of sp³-hybridized carbons (Fsp3) is 0.125. The van der Waals surface area contributed by atoms with Gasteiger partial charge in [-0.05, 0) is 43.2 Å². The molecule has 0 saturated heterocycles. The van der Waals surface area contributed by atoms with E-state index in [1.807, 2.05) is 32.0 Å². The topological polar surface area (TPSA) is 84.5 Å². The summed E-state index contributed by atoms with van der Waals surface area (Å²) in [6.45, 7) is 3.69. The van der Waals surface area contributed by atoms with Gasteiger partial charge in [0.05, 0.1) is 5.56 Å². The van der Waals surface area contributed by atoms with Crippen molar-refractivity contribution in [2.24, 2.45) is 0 Å². The van der Waals surface area contributed by atoms with Crippen molar-refractivity contribution < 1.29 is 19.1 Å². The molecule has 0 spiro atoms. The number of aryl methyl sites for hydroxylation is 2. The lowest BCUT2D eigenvalue weighted by atomic mass is 9.98. The summed E-state index contributed by atoms with van der Waals surface area (Å²) in [5.74, 6) is -0.813. The van der Waals surface area contributed by atoms with Gasteiger partial charge in [0.1, 0.15) is 5.75 Å². The van der Waals surface area contributed by atoms with Gasteiger partial charge in [0, 0.05) is 11.1 Å². The number of carbonyl (C=O) groups excluding carboxylic acids is 3. The van der Waals surface area contributed by atoms with Crippen LogP contribution in [-0.4, -0.2) is 24.2 Å². The number of hydrogen-bond donors (Lipinski definition) is 2. The Morgan fingerprint density at radius 1 is 0.767 bits per heavy atom. The van der Waals surface area contributed by atoms with E-state index in [0.29, 0.717) is 11.3 Å². The molecule has 6 heteroatoms.